The quantitative estimate of drug-likeness (QED) is 0.639. The molecule has 0 aliphatic carbocycles. The molecule has 31 heavy (non-hydrogen) atoms. The highest BCUT2D eigenvalue weighted by atomic mass is 16.2. The van der Waals surface area contributed by atoms with Gasteiger partial charge in [-0.2, -0.15) is 0 Å². The van der Waals surface area contributed by atoms with Crippen LogP contribution >= 0.6 is 0 Å². The molecule has 0 bridgehead atoms. The van der Waals surface area contributed by atoms with Crippen LogP contribution in [0.4, 0.5) is 0 Å². The van der Waals surface area contributed by atoms with Crippen LogP contribution in [0.15, 0.2) is 48.8 Å². The van der Waals surface area contributed by atoms with E-state index in [0.29, 0.717) is 11.6 Å². The van der Waals surface area contributed by atoms with E-state index in [0.717, 1.165) is 53.9 Å². The monoisotopic (exact) mass is 416 g/mol. The van der Waals surface area contributed by atoms with Gasteiger partial charge in [0.25, 0.3) is 5.91 Å². The Bertz CT molecular complexity index is 1120. The molecule has 6 heteroatoms. The van der Waals surface area contributed by atoms with Crippen LogP contribution in [0.3, 0.4) is 0 Å². The summed E-state index contributed by atoms with van der Waals surface area (Å²) in [6, 6.07) is 10.3. The molecule has 2 aromatic heterocycles. The number of hydrogen-bond donors (Lipinski definition) is 1. The van der Waals surface area contributed by atoms with Gasteiger partial charge < -0.3 is 9.88 Å². The number of pyridine rings is 1. The average Bonchev–Trinajstić information content (AvgIpc) is 3.19. The third-order valence-electron chi connectivity index (χ3n) is 5.86. The summed E-state index contributed by atoms with van der Waals surface area (Å²) in [6.45, 7) is 9.29. The molecule has 0 atom stereocenters. The second-order valence-electron chi connectivity index (χ2n) is 8.31. The number of carbonyl (C=O) groups excluding carboxylic acids is 2. The number of nitrogens with zero attached hydrogens (tertiary/aromatic N) is 3. The zero-order valence-corrected chi connectivity index (χ0v) is 18.3. The molecule has 3 aromatic rings. The Hall–Kier alpha value is -3.25. The van der Waals surface area contributed by atoms with E-state index in [1.165, 1.54) is 6.92 Å². The number of allylic oxidation sites excluding steroid dienone is 1. The third kappa shape index (κ3) is 4.59. The molecule has 1 aromatic carbocycles. The fraction of sp³-hybridized carbons (Fsp3) is 0.320. The minimum atomic E-state index is 0.00402. The first-order chi connectivity index (χ1) is 14.9. The Morgan fingerprint density at radius 3 is 2.42 bits per heavy atom. The summed E-state index contributed by atoms with van der Waals surface area (Å²) in [5.41, 5.74) is 4.38. The van der Waals surface area contributed by atoms with Crippen molar-refractivity contribution in [1.82, 2.24) is 19.8 Å². The molecule has 1 aliphatic heterocycles. The van der Waals surface area contributed by atoms with Crippen LogP contribution in [-0.4, -0.2) is 63.7 Å². The second-order valence-corrected chi connectivity index (χ2v) is 8.31. The molecule has 3 heterocycles. The van der Waals surface area contributed by atoms with E-state index in [2.05, 4.69) is 34.8 Å². The highest BCUT2D eigenvalue weighted by Crippen LogP contribution is 2.26. The van der Waals surface area contributed by atoms with Crippen molar-refractivity contribution in [2.75, 3.05) is 26.2 Å². The maximum atomic E-state index is 12.9. The fourth-order valence-corrected chi connectivity index (χ4v) is 3.96. The molecule has 0 saturated carbocycles. The van der Waals surface area contributed by atoms with E-state index < -0.39 is 0 Å². The van der Waals surface area contributed by atoms with Gasteiger partial charge in [0.05, 0.1) is 0 Å². The Kier molecular flexibility index (Phi) is 6.00. The van der Waals surface area contributed by atoms with E-state index in [1.807, 2.05) is 41.6 Å². The maximum Gasteiger partial charge on any atom is 0.253 e. The topological polar surface area (TPSA) is 69.3 Å². The van der Waals surface area contributed by atoms with Gasteiger partial charge in [0.1, 0.15) is 5.65 Å². The molecule has 0 unspecified atom stereocenters. The van der Waals surface area contributed by atoms with Crippen molar-refractivity contribution in [3.8, 4) is 11.1 Å². The zero-order chi connectivity index (χ0) is 22.0. The number of amides is 1. The van der Waals surface area contributed by atoms with Gasteiger partial charge in [-0.3, -0.25) is 14.5 Å². The number of fused-ring (bicyclic) bond motifs is 1. The first-order valence-corrected chi connectivity index (χ1v) is 10.7. The van der Waals surface area contributed by atoms with Crippen LogP contribution in [0.2, 0.25) is 0 Å². The van der Waals surface area contributed by atoms with Crippen LogP contribution in [0.5, 0.6) is 0 Å². The molecular formula is C25H28N4O2. The summed E-state index contributed by atoms with van der Waals surface area (Å²) >= 11 is 0. The molecule has 160 valence electrons. The first kappa shape index (κ1) is 21.0. The van der Waals surface area contributed by atoms with Crippen molar-refractivity contribution in [3.63, 3.8) is 0 Å². The van der Waals surface area contributed by atoms with Gasteiger partial charge >= 0.3 is 0 Å². The molecule has 6 nitrogen and oxygen atoms in total. The van der Waals surface area contributed by atoms with Gasteiger partial charge in [0, 0.05) is 66.7 Å². The molecular weight excluding hydrogens is 388 g/mol. The third-order valence-corrected chi connectivity index (χ3v) is 5.86. The standard InChI is InChI=1S/C25H28N4O2/c1-17(2)28-10-12-29(13-11-28)25(31)20-8-6-19(7-9-20)22-14-23-21(5-4-18(3)30)15-26-24(23)27-16-22/h4-9,14-17H,10-13H2,1-3H3,(H,26,27)/b5-4+. The van der Waals surface area contributed by atoms with Crippen molar-refractivity contribution < 1.29 is 9.59 Å². The lowest BCUT2D eigenvalue weighted by molar-refractivity contribution is -0.112. The van der Waals surface area contributed by atoms with Crippen molar-refractivity contribution in [2.45, 2.75) is 26.8 Å². The molecule has 1 amide bonds. The normalized spacial score (nSPS) is 15.3. The lowest BCUT2D eigenvalue weighted by Crippen LogP contribution is -2.50. The number of nitrogens with one attached hydrogen (secondary N) is 1. The van der Waals surface area contributed by atoms with Crippen molar-refractivity contribution in [2.24, 2.45) is 0 Å². The van der Waals surface area contributed by atoms with E-state index in [-0.39, 0.29) is 11.7 Å². The molecule has 1 aliphatic rings. The summed E-state index contributed by atoms with van der Waals surface area (Å²) in [4.78, 5) is 36.1. The highest BCUT2D eigenvalue weighted by molar-refractivity contribution is 5.97. The van der Waals surface area contributed by atoms with Gasteiger partial charge in [-0.15, -0.1) is 0 Å². The van der Waals surface area contributed by atoms with Crippen LogP contribution in [0.1, 0.15) is 36.7 Å². The van der Waals surface area contributed by atoms with Crippen molar-refractivity contribution in [3.05, 3.63) is 59.9 Å². The second kappa shape index (κ2) is 8.86. The Balaban J connectivity index is 1.51. The molecule has 0 spiro atoms. The predicted octanol–water partition coefficient (Wildman–Crippen LogP) is 4.00. The van der Waals surface area contributed by atoms with E-state index >= 15 is 0 Å². The summed E-state index contributed by atoms with van der Waals surface area (Å²) in [7, 11) is 0. The fourth-order valence-electron chi connectivity index (χ4n) is 3.96. The van der Waals surface area contributed by atoms with E-state index in [1.54, 1.807) is 12.2 Å². The first-order valence-electron chi connectivity index (χ1n) is 10.7. The lowest BCUT2D eigenvalue weighted by atomic mass is 10.0. The number of carbonyl (C=O) groups is 2. The van der Waals surface area contributed by atoms with Gasteiger partial charge in [0.15, 0.2) is 5.78 Å². The van der Waals surface area contributed by atoms with Crippen molar-refractivity contribution >= 4 is 28.8 Å². The molecule has 1 N–H and O–H groups in total. The van der Waals surface area contributed by atoms with Crippen molar-refractivity contribution in [1.29, 1.82) is 0 Å². The number of piperazine rings is 1. The predicted molar refractivity (Wildman–Crippen MR) is 124 cm³/mol. The van der Waals surface area contributed by atoms with Crippen LogP contribution in [0.25, 0.3) is 28.2 Å². The van der Waals surface area contributed by atoms with Crippen LogP contribution in [-0.2, 0) is 4.79 Å². The summed E-state index contributed by atoms with van der Waals surface area (Å²) in [6.07, 6.45) is 7.02. The molecule has 0 radical (unpaired) electrons. The summed E-state index contributed by atoms with van der Waals surface area (Å²) < 4.78 is 0. The number of aromatic nitrogens is 2. The Morgan fingerprint density at radius 2 is 1.77 bits per heavy atom. The Morgan fingerprint density at radius 1 is 1.06 bits per heavy atom. The van der Waals surface area contributed by atoms with Crippen LogP contribution < -0.4 is 0 Å². The summed E-state index contributed by atoms with van der Waals surface area (Å²) in [5, 5.41) is 0.957. The minimum absolute atomic E-state index is 0.00402. The highest BCUT2D eigenvalue weighted by Gasteiger charge is 2.23. The molecule has 1 fully saturated rings. The lowest BCUT2D eigenvalue weighted by Gasteiger charge is -2.37. The number of ketones is 1. The number of aromatic amines is 1. The van der Waals surface area contributed by atoms with E-state index in [4.69, 9.17) is 0 Å². The largest absolute Gasteiger partial charge is 0.346 e. The SMILES string of the molecule is CC(=O)/C=C/c1c[nH]c2ncc(-c3ccc(C(=O)N4CCN(C(C)C)CC4)cc3)cc12. The average molecular weight is 417 g/mol. The molecule has 4 rings (SSSR count). The smallest absolute Gasteiger partial charge is 0.253 e. The van der Waals surface area contributed by atoms with Gasteiger partial charge in [0.2, 0.25) is 0 Å². The van der Waals surface area contributed by atoms with Gasteiger partial charge in [-0.05, 0) is 56.7 Å². The number of hydrogen-bond acceptors (Lipinski definition) is 4. The van der Waals surface area contributed by atoms with Crippen LogP contribution in [0, 0.1) is 0 Å². The Labute approximate surface area is 182 Å². The number of benzene rings is 1. The number of H-pyrrole nitrogens is 1. The van der Waals surface area contributed by atoms with Gasteiger partial charge in [-0.25, -0.2) is 4.98 Å². The minimum Gasteiger partial charge on any atom is -0.346 e. The molecule has 1 saturated heterocycles. The van der Waals surface area contributed by atoms with Gasteiger partial charge in [-0.1, -0.05) is 12.1 Å². The number of rotatable bonds is 5. The summed E-state index contributed by atoms with van der Waals surface area (Å²) in [5.74, 6) is 0.0927. The van der Waals surface area contributed by atoms with E-state index in [9.17, 15) is 9.59 Å². The maximum absolute atomic E-state index is 12.9. The zero-order valence-electron chi connectivity index (χ0n) is 18.3.